The van der Waals surface area contributed by atoms with Crippen LogP contribution in [0.4, 0.5) is 17.1 Å². The molecule has 1 amide bonds. The number of benzene rings is 2. The topological polar surface area (TPSA) is 83.3 Å². The number of hydrogen-bond acceptors (Lipinski definition) is 5. The van der Waals surface area contributed by atoms with Crippen molar-refractivity contribution in [3.05, 3.63) is 82.9 Å². The maximum Gasteiger partial charge on any atom is 0.273 e. The summed E-state index contributed by atoms with van der Waals surface area (Å²) >= 11 is 6.48. The average Bonchev–Trinajstić information content (AvgIpc) is 3.22. The van der Waals surface area contributed by atoms with Gasteiger partial charge in [-0.15, -0.1) is 0 Å². The molecule has 1 atom stereocenters. The second-order valence-corrected chi connectivity index (χ2v) is 8.43. The van der Waals surface area contributed by atoms with Gasteiger partial charge in [-0.05, 0) is 68.1 Å². The van der Waals surface area contributed by atoms with Gasteiger partial charge < -0.3 is 20.5 Å². The third kappa shape index (κ3) is 5.62. The van der Waals surface area contributed by atoms with E-state index in [1.165, 1.54) is 5.56 Å². The first-order valence-corrected chi connectivity index (χ1v) is 11.2. The molecule has 3 aromatic rings. The van der Waals surface area contributed by atoms with Crippen LogP contribution in [0, 0.1) is 0 Å². The number of fused-ring (bicyclic) bond motifs is 4. The molecule has 3 N–H and O–H groups in total. The largest absolute Gasteiger partial charge is 0.364 e. The molecule has 0 radical (unpaired) electrons. The summed E-state index contributed by atoms with van der Waals surface area (Å²) in [5.41, 5.74) is 5.28. The SMILES string of the molecule is C/C=C(Cl)\C1=N/C(C)Nc2cccc(c2)CCc2cc(NC(=O)c3cncn3C)cc(c2)N1. The summed E-state index contributed by atoms with van der Waals surface area (Å²) in [4.78, 5) is 21.6. The minimum atomic E-state index is -0.220. The molecule has 170 valence electrons. The lowest BCUT2D eigenvalue weighted by atomic mass is 10.0. The summed E-state index contributed by atoms with van der Waals surface area (Å²) in [6, 6.07) is 14.3. The van der Waals surface area contributed by atoms with Crippen molar-refractivity contribution in [3.8, 4) is 0 Å². The van der Waals surface area contributed by atoms with E-state index in [1.54, 1.807) is 30.2 Å². The second-order valence-electron chi connectivity index (χ2n) is 8.02. The molecule has 1 aliphatic rings. The number of anilines is 3. The van der Waals surface area contributed by atoms with Gasteiger partial charge in [-0.25, -0.2) is 9.98 Å². The van der Waals surface area contributed by atoms with Crippen LogP contribution in [-0.2, 0) is 19.9 Å². The minimum Gasteiger partial charge on any atom is -0.364 e. The minimum absolute atomic E-state index is 0.204. The lowest BCUT2D eigenvalue weighted by Gasteiger charge is -2.16. The van der Waals surface area contributed by atoms with E-state index in [4.69, 9.17) is 16.6 Å². The van der Waals surface area contributed by atoms with Crippen LogP contribution in [0.15, 0.2) is 71.1 Å². The van der Waals surface area contributed by atoms with E-state index in [0.29, 0.717) is 22.2 Å². The van der Waals surface area contributed by atoms with Crippen molar-refractivity contribution in [3.63, 3.8) is 0 Å². The van der Waals surface area contributed by atoms with E-state index >= 15 is 0 Å². The summed E-state index contributed by atoms with van der Waals surface area (Å²) in [5, 5.41) is 10.3. The summed E-state index contributed by atoms with van der Waals surface area (Å²) in [5.74, 6) is 0.331. The number of aryl methyl sites for hydroxylation is 3. The van der Waals surface area contributed by atoms with E-state index in [1.807, 2.05) is 38.1 Å². The summed E-state index contributed by atoms with van der Waals surface area (Å²) in [6.07, 6.45) is 6.42. The molecule has 4 bridgehead atoms. The van der Waals surface area contributed by atoms with Crippen LogP contribution in [-0.4, -0.2) is 27.5 Å². The van der Waals surface area contributed by atoms with Gasteiger partial charge in [0.15, 0.2) is 0 Å². The number of aromatic nitrogens is 2. The number of amidine groups is 1. The molecule has 0 fully saturated rings. The fraction of sp³-hybridized carbons (Fsp3) is 0.240. The van der Waals surface area contributed by atoms with E-state index < -0.39 is 0 Å². The summed E-state index contributed by atoms with van der Waals surface area (Å²) in [6.45, 7) is 3.84. The van der Waals surface area contributed by atoms with Crippen LogP contribution in [0.5, 0.6) is 0 Å². The number of nitrogens with zero attached hydrogens (tertiary/aromatic N) is 3. The van der Waals surface area contributed by atoms with Gasteiger partial charge in [-0.3, -0.25) is 4.79 Å². The first-order chi connectivity index (χ1) is 15.9. The zero-order chi connectivity index (χ0) is 23.4. The third-order valence-corrected chi connectivity index (χ3v) is 5.77. The molecule has 2 heterocycles. The predicted molar refractivity (Wildman–Crippen MR) is 135 cm³/mol. The third-order valence-electron chi connectivity index (χ3n) is 5.37. The quantitative estimate of drug-likeness (QED) is 0.500. The van der Waals surface area contributed by atoms with E-state index in [2.05, 4.69) is 39.1 Å². The Morgan fingerprint density at radius 2 is 1.97 bits per heavy atom. The number of carbonyl (C=O) groups is 1. The van der Waals surface area contributed by atoms with Gasteiger partial charge in [-0.1, -0.05) is 29.8 Å². The number of hydrogen-bond donors (Lipinski definition) is 3. The van der Waals surface area contributed by atoms with Crippen molar-refractivity contribution in [2.45, 2.75) is 32.9 Å². The van der Waals surface area contributed by atoms with Gasteiger partial charge in [0.2, 0.25) is 0 Å². The number of aliphatic imine (C=N–C) groups is 1. The molecular weight excluding hydrogens is 436 g/mol. The highest BCUT2D eigenvalue weighted by atomic mass is 35.5. The highest BCUT2D eigenvalue weighted by Crippen LogP contribution is 2.24. The van der Waals surface area contributed by atoms with Gasteiger partial charge in [0.25, 0.3) is 5.91 Å². The maximum atomic E-state index is 12.8. The number of rotatable bonds is 3. The molecule has 1 aliphatic heterocycles. The van der Waals surface area contributed by atoms with E-state index in [9.17, 15) is 4.79 Å². The van der Waals surface area contributed by atoms with Crippen LogP contribution >= 0.6 is 11.6 Å². The first-order valence-electron chi connectivity index (χ1n) is 10.9. The Morgan fingerprint density at radius 3 is 2.73 bits per heavy atom. The molecule has 1 unspecified atom stereocenters. The maximum absolute atomic E-state index is 12.8. The molecule has 0 saturated carbocycles. The molecule has 2 aromatic carbocycles. The van der Waals surface area contributed by atoms with Crippen molar-refractivity contribution >= 4 is 40.4 Å². The molecule has 4 rings (SSSR count). The average molecular weight is 463 g/mol. The Hall–Kier alpha value is -3.58. The van der Waals surface area contributed by atoms with Crippen LogP contribution < -0.4 is 16.0 Å². The fourth-order valence-corrected chi connectivity index (χ4v) is 3.85. The van der Waals surface area contributed by atoms with Gasteiger partial charge in [0.1, 0.15) is 17.7 Å². The highest BCUT2D eigenvalue weighted by molar-refractivity contribution is 6.45. The normalized spacial score (nSPS) is 17.9. The van der Waals surface area contributed by atoms with Gasteiger partial charge in [0.05, 0.1) is 17.6 Å². The molecule has 0 aliphatic carbocycles. The van der Waals surface area contributed by atoms with Crippen molar-refractivity contribution in [2.75, 3.05) is 16.0 Å². The number of halogens is 1. The van der Waals surface area contributed by atoms with Crippen molar-refractivity contribution in [1.82, 2.24) is 9.55 Å². The van der Waals surface area contributed by atoms with Crippen LogP contribution in [0.25, 0.3) is 0 Å². The zero-order valence-electron chi connectivity index (χ0n) is 18.9. The summed E-state index contributed by atoms with van der Waals surface area (Å²) in [7, 11) is 1.79. The molecule has 8 heteroatoms. The number of carbonyl (C=O) groups excluding carboxylic acids is 1. The number of allylic oxidation sites excluding steroid dienone is 1. The lowest BCUT2D eigenvalue weighted by molar-refractivity contribution is 0.101. The van der Waals surface area contributed by atoms with Crippen LogP contribution in [0.3, 0.4) is 0 Å². The van der Waals surface area contributed by atoms with E-state index in [-0.39, 0.29) is 12.1 Å². The van der Waals surface area contributed by atoms with Gasteiger partial charge in [-0.2, -0.15) is 0 Å². The lowest BCUT2D eigenvalue weighted by Crippen LogP contribution is -2.20. The number of nitrogens with one attached hydrogen (secondary N) is 3. The molecule has 33 heavy (non-hydrogen) atoms. The van der Waals surface area contributed by atoms with Crippen molar-refractivity contribution in [2.24, 2.45) is 12.0 Å². The highest BCUT2D eigenvalue weighted by Gasteiger charge is 2.14. The Kier molecular flexibility index (Phi) is 6.79. The van der Waals surface area contributed by atoms with Crippen molar-refractivity contribution in [1.29, 1.82) is 0 Å². The Balaban J connectivity index is 1.73. The molecule has 0 saturated heterocycles. The molecule has 7 nitrogen and oxygen atoms in total. The number of amides is 1. The Labute approximate surface area is 198 Å². The molecule has 1 aromatic heterocycles. The Bertz CT molecular complexity index is 1230. The smallest absolute Gasteiger partial charge is 0.273 e. The van der Waals surface area contributed by atoms with Crippen LogP contribution in [0.1, 0.15) is 35.5 Å². The first kappa shape index (κ1) is 22.6. The number of imidazole rings is 1. The van der Waals surface area contributed by atoms with Gasteiger partial charge >= 0.3 is 0 Å². The van der Waals surface area contributed by atoms with Crippen molar-refractivity contribution < 1.29 is 4.79 Å². The van der Waals surface area contributed by atoms with Gasteiger partial charge in [0, 0.05) is 24.1 Å². The second kappa shape index (κ2) is 9.92. The molecule has 0 spiro atoms. The van der Waals surface area contributed by atoms with E-state index in [0.717, 1.165) is 29.8 Å². The monoisotopic (exact) mass is 462 g/mol. The predicted octanol–water partition coefficient (Wildman–Crippen LogP) is 5.18. The zero-order valence-corrected chi connectivity index (χ0v) is 19.6. The fourth-order valence-electron chi connectivity index (χ4n) is 3.75. The molecular formula is C25H27ClN6O. The summed E-state index contributed by atoms with van der Waals surface area (Å²) < 4.78 is 1.69. The Morgan fingerprint density at radius 1 is 1.18 bits per heavy atom. The standard InChI is InChI=1S/C25H27ClN6O/c1-4-22(26)24-29-16(2)28-19-7-5-6-17(10-19)8-9-18-11-20(30-24)13-21(12-18)31-25(33)23-14-27-15-32(23)3/h4-7,10-16,28H,8-9H2,1-3H3,(H,29,30)(H,31,33)/b22-4+. The van der Waals surface area contributed by atoms with Crippen LogP contribution in [0.2, 0.25) is 0 Å².